The molecule has 1 aliphatic heterocycles. The molecule has 2 unspecified atom stereocenters. The maximum atomic E-state index is 11.4. The molecule has 3 atom stereocenters. The average molecular weight is 277 g/mol. The highest BCUT2D eigenvalue weighted by atomic mass is 16.5. The number of aliphatic hydroxyl groups is 1. The van der Waals surface area contributed by atoms with Crippen LogP contribution < -0.4 is 0 Å². The quantitative estimate of drug-likeness (QED) is 0.796. The Morgan fingerprint density at radius 2 is 2.15 bits per heavy atom. The van der Waals surface area contributed by atoms with Crippen molar-refractivity contribution in [3.8, 4) is 0 Å². The van der Waals surface area contributed by atoms with E-state index >= 15 is 0 Å². The molecule has 2 rings (SSSR count). The summed E-state index contributed by atoms with van der Waals surface area (Å²) in [7, 11) is 0. The highest BCUT2D eigenvalue weighted by Gasteiger charge is 2.35. The Morgan fingerprint density at radius 3 is 2.80 bits per heavy atom. The van der Waals surface area contributed by atoms with Crippen LogP contribution in [0.4, 0.5) is 0 Å². The normalized spacial score (nSPS) is 27.4. The fourth-order valence-corrected chi connectivity index (χ4v) is 2.79. The van der Waals surface area contributed by atoms with Crippen LogP contribution >= 0.6 is 0 Å². The fourth-order valence-electron chi connectivity index (χ4n) is 2.79. The van der Waals surface area contributed by atoms with Gasteiger partial charge in [0.25, 0.3) is 0 Å². The van der Waals surface area contributed by atoms with E-state index in [1.165, 1.54) is 5.56 Å². The van der Waals surface area contributed by atoms with E-state index in [0.717, 1.165) is 19.3 Å². The van der Waals surface area contributed by atoms with E-state index in [9.17, 15) is 9.90 Å². The summed E-state index contributed by atoms with van der Waals surface area (Å²) in [5, 5.41) is 9.18. The summed E-state index contributed by atoms with van der Waals surface area (Å²) in [5.41, 5.74) is 1.26. The number of benzene rings is 1. The zero-order chi connectivity index (χ0) is 14.4. The van der Waals surface area contributed by atoms with Crippen LogP contribution in [0.25, 0.3) is 0 Å². The Bertz CT molecular complexity index is 409. The molecule has 0 radical (unpaired) electrons. The summed E-state index contributed by atoms with van der Waals surface area (Å²) in [6.45, 7) is 3.45. The minimum Gasteiger partial charge on any atom is -0.396 e. The molecule has 0 saturated carbocycles. The molecule has 0 spiro atoms. The van der Waals surface area contributed by atoms with E-state index in [0.29, 0.717) is 13.0 Å². The fraction of sp³-hybridized carbons (Fsp3) is 0.562. The molecule has 110 valence electrons. The predicted molar refractivity (Wildman–Crippen MR) is 77.6 cm³/mol. The van der Waals surface area contributed by atoms with E-state index in [4.69, 9.17) is 4.74 Å². The van der Waals surface area contributed by atoms with Crippen molar-refractivity contribution in [2.75, 3.05) is 19.8 Å². The van der Waals surface area contributed by atoms with Crippen molar-refractivity contribution >= 4 is 6.29 Å². The Labute approximate surface area is 120 Å². The molecule has 1 fully saturated rings. The maximum absolute atomic E-state index is 11.4. The Balaban J connectivity index is 2.03. The van der Waals surface area contributed by atoms with E-state index in [1.54, 1.807) is 0 Å². The molecule has 4 nitrogen and oxygen atoms in total. The van der Waals surface area contributed by atoms with Crippen molar-refractivity contribution in [3.63, 3.8) is 0 Å². The minimum atomic E-state index is -0.219. The van der Waals surface area contributed by atoms with Crippen molar-refractivity contribution in [1.82, 2.24) is 4.90 Å². The van der Waals surface area contributed by atoms with Gasteiger partial charge in [0.2, 0.25) is 0 Å². The number of ether oxygens (including phenoxy) is 1. The molecule has 0 bridgehead atoms. The van der Waals surface area contributed by atoms with Crippen molar-refractivity contribution in [2.24, 2.45) is 0 Å². The van der Waals surface area contributed by atoms with Gasteiger partial charge in [-0.15, -0.1) is 0 Å². The number of aliphatic hydroxyl groups excluding tert-OH is 1. The first-order valence-electron chi connectivity index (χ1n) is 7.23. The lowest BCUT2D eigenvalue weighted by Gasteiger charge is -2.43. The molecule has 1 aliphatic rings. The van der Waals surface area contributed by atoms with Gasteiger partial charge < -0.3 is 14.6 Å². The second-order valence-corrected chi connectivity index (χ2v) is 5.30. The van der Waals surface area contributed by atoms with Gasteiger partial charge in [-0.1, -0.05) is 30.3 Å². The van der Waals surface area contributed by atoms with Gasteiger partial charge in [-0.3, -0.25) is 4.90 Å². The molecule has 0 amide bonds. The lowest BCUT2D eigenvalue weighted by molar-refractivity contribution is -0.133. The van der Waals surface area contributed by atoms with Crippen LogP contribution in [0.15, 0.2) is 30.3 Å². The summed E-state index contributed by atoms with van der Waals surface area (Å²) in [4.78, 5) is 13.5. The third kappa shape index (κ3) is 3.66. The van der Waals surface area contributed by atoms with E-state index in [1.807, 2.05) is 25.1 Å². The number of nitrogens with zero attached hydrogens (tertiary/aromatic N) is 1. The minimum absolute atomic E-state index is 0.0850. The molecule has 1 aromatic carbocycles. The van der Waals surface area contributed by atoms with Crippen LogP contribution in [0.3, 0.4) is 0 Å². The number of aldehydes is 1. The first kappa shape index (κ1) is 15.2. The lowest BCUT2D eigenvalue weighted by atomic mass is 10.0. The van der Waals surface area contributed by atoms with Gasteiger partial charge in [0.1, 0.15) is 6.29 Å². The SMILES string of the molecule is CC1OC[C@@H](CCO)N(CCc2ccccc2)C1C=O. The van der Waals surface area contributed by atoms with Gasteiger partial charge >= 0.3 is 0 Å². The van der Waals surface area contributed by atoms with Crippen molar-refractivity contribution in [3.05, 3.63) is 35.9 Å². The molecule has 1 N–H and O–H groups in total. The largest absolute Gasteiger partial charge is 0.396 e. The maximum Gasteiger partial charge on any atom is 0.139 e. The number of carbonyl (C=O) groups excluding carboxylic acids is 1. The number of rotatable bonds is 6. The van der Waals surface area contributed by atoms with Crippen molar-refractivity contribution in [1.29, 1.82) is 0 Å². The Kier molecular flexibility index (Phi) is 5.71. The van der Waals surface area contributed by atoms with Gasteiger partial charge in [-0.05, 0) is 25.3 Å². The van der Waals surface area contributed by atoms with Gasteiger partial charge in [0, 0.05) is 19.2 Å². The van der Waals surface area contributed by atoms with Crippen LogP contribution in [0, 0.1) is 0 Å². The molecule has 0 aromatic heterocycles. The molecular formula is C16H23NO3. The Morgan fingerprint density at radius 1 is 1.40 bits per heavy atom. The van der Waals surface area contributed by atoms with Crippen LogP contribution in [-0.4, -0.2) is 54.2 Å². The predicted octanol–water partition coefficient (Wildman–Crippen LogP) is 1.27. The molecule has 1 saturated heterocycles. The number of morpholine rings is 1. The van der Waals surface area contributed by atoms with Crippen molar-refractivity contribution in [2.45, 2.75) is 38.0 Å². The standard InChI is InChI=1S/C16H23NO3/c1-13-16(11-19)17(15(8-10-18)12-20-13)9-7-14-5-3-2-4-6-14/h2-6,11,13,15-16,18H,7-10,12H2,1H3/t13?,15-,16?/m1/s1. The molecule has 1 heterocycles. The van der Waals surface area contributed by atoms with Crippen LogP contribution in [0.2, 0.25) is 0 Å². The van der Waals surface area contributed by atoms with Crippen LogP contribution in [0.5, 0.6) is 0 Å². The van der Waals surface area contributed by atoms with Crippen LogP contribution in [0.1, 0.15) is 18.9 Å². The molecule has 1 aromatic rings. The lowest BCUT2D eigenvalue weighted by Crippen LogP contribution is -2.57. The van der Waals surface area contributed by atoms with Gasteiger partial charge in [-0.2, -0.15) is 0 Å². The monoisotopic (exact) mass is 277 g/mol. The molecule has 4 heteroatoms. The summed E-state index contributed by atoms with van der Waals surface area (Å²) < 4.78 is 5.64. The topological polar surface area (TPSA) is 49.8 Å². The second kappa shape index (κ2) is 7.53. The first-order valence-corrected chi connectivity index (χ1v) is 7.23. The van der Waals surface area contributed by atoms with Gasteiger partial charge in [-0.25, -0.2) is 0 Å². The van der Waals surface area contributed by atoms with Crippen molar-refractivity contribution < 1.29 is 14.6 Å². The zero-order valence-corrected chi connectivity index (χ0v) is 11.9. The number of hydrogen-bond acceptors (Lipinski definition) is 4. The Hall–Kier alpha value is -1.23. The summed E-state index contributed by atoms with van der Waals surface area (Å²) in [6, 6.07) is 10.2. The summed E-state index contributed by atoms with van der Waals surface area (Å²) >= 11 is 0. The van der Waals surface area contributed by atoms with Gasteiger partial charge in [0.15, 0.2) is 0 Å². The average Bonchev–Trinajstić information content (AvgIpc) is 2.48. The van der Waals surface area contributed by atoms with E-state index in [-0.39, 0.29) is 24.8 Å². The van der Waals surface area contributed by atoms with Crippen LogP contribution in [-0.2, 0) is 16.0 Å². The summed E-state index contributed by atoms with van der Waals surface area (Å²) in [5.74, 6) is 0. The van der Waals surface area contributed by atoms with E-state index in [2.05, 4.69) is 17.0 Å². The second-order valence-electron chi connectivity index (χ2n) is 5.30. The smallest absolute Gasteiger partial charge is 0.139 e. The van der Waals surface area contributed by atoms with Gasteiger partial charge in [0.05, 0.1) is 18.8 Å². The molecule has 20 heavy (non-hydrogen) atoms. The highest BCUT2D eigenvalue weighted by Crippen LogP contribution is 2.20. The highest BCUT2D eigenvalue weighted by molar-refractivity contribution is 5.59. The number of hydrogen-bond donors (Lipinski definition) is 1. The van der Waals surface area contributed by atoms with E-state index < -0.39 is 0 Å². The third-order valence-corrected chi connectivity index (χ3v) is 3.99. The number of carbonyl (C=O) groups is 1. The zero-order valence-electron chi connectivity index (χ0n) is 11.9. The molecule has 0 aliphatic carbocycles. The summed E-state index contributed by atoms with van der Waals surface area (Å²) in [6.07, 6.45) is 2.43. The first-order chi connectivity index (χ1) is 9.76. The third-order valence-electron chi connectivity index (χ3n) is 3.99. The molecular weight excluding hydrogens is 254 g/mol.